The van der Waals surface area contributed by atoms with E-state index in [4.69, 9.17) is 11.6 Å². The zero-order valence-corrected chi connectivity index (χ0v) is 25.3. The molecular weight excluding hydrogens is 546 g/mol. The van der Waals surface area contributed by atoms with Crippen LogP contribution in [0.25, 0.3) is 0 Å². The number of aryl methyl sites for hydroxylation is 2. The van der Waals surface area contributed by atoms with E-state index in [-0.39, 0.29) is 30.6 Å². The summed E-state index contributed by atoms with van der Waals surface area (Å²) in [5.74, 6) is -0.786. The summed E-state index contributed by atoms with van der Waals surface area (Å²) in [5.41, 5.74) is 3.86. The van der Waals surface area contributed by atoms with Gasteiger partial charge >= 0.3 is 0 Å². The van der Waals surface area contributed by atoms with Gasteiger partial charge in [0.2, 0.25) is 21.8 Å². The van der Waals surface area contributed by atoms with Gasteiger partial charge in [-0.25, -0.2) is 8.42 Å². The number of carbonyl (C=O) groups excluding carboxylic acids is 2. The van der Waals surface area contributed by atoms with Gasteiger partial charge in [0.05, 0.1) is 11.9 Å². The second kappa shape index (κ2) is 13.8. The van der Waals surface area contributed by atoms with Gasteiger partial charge in [-0.15, -0.1) is 0 Å². The number of amides is 2. The molecule has 0 heterocycles. The van der Waals surface area contributed by atoms with E-state index in [0.29, 0.717) is 5.02 Å². The lowest BCUT2D eigenvalue weighted by Gasteiger charge is -2.34. The van der Waals surface area contributed by atoms with Gasteiger partial charge in [-0.05, 0) is 56.0 Å². The lowest BCUT2D eigenvalue weighted by Crippen LogP contribution is -2.54. The molecule has 0 saturated carbocycles. The molecule has 2 atom stereocenters. The van der Waals surface area contributed by atoms with Gasteiger partial charge in [-0.3, -0.25) is 13.9 Å². The second-order valence-electron chi connectivity index (χ2n) is 10.2. The average molecular weight is 584 g/mol. The van der Waals surface area contributed by atoms with Gasteiger partial charge in [-0.1, -0.05) is 84.8 Å². The Labute approximate surface area is 243 Å². The van der Waals surface area contributed by atoms with Crippen molar-refractivity contribution in [2.24, 2.45) is 0 Å². The molecule has 214 valence electrons. The highest BCUT2D eigenvalue weighted by Gasteiger charge is 2.33. The fourth-order valence-corrected chi connectivity index (χ4v) is 5.25. The van der Waals surface area contributed by atoms with Crippen LogP contribution in [0.4, 0.5) is 5.69 Å². The Morgan fingerprint density at radius 2 is 1.60 bits per heavy atom. The topological polar surface area (TPSA) is 86.8 Å². The molecule has 0 radical (unpaired) electrons. The molecule has 0 bridgehead atoms. The molecule has 0 saturated heterocycles. The Bertz CT molecular complexity index is 1410. The third kappa shape index (κ3) is 8.57. The minimum atomic E-state index is -3.86. The Kier molecular flexibility index (Phi) is 10.8. The number of sulfonamides is 1. The summed E-state index contributed by atoms with van der Waals surface area (Å²) in [4.78, 5) is 29.3. The van der Waals surface area contributed by atoms with Crippen molar-refractivity contribution < 1.29 is 18.0 Å². The second-order valence-corrected chi connectivity index (χ2v) is 12.5. The van der Waals surface area contributed by atoms with E-state index in [2.05, 4.69) is 5.32 Å². The van der Waals surface area contributed by atoms with Crippen LogP contribution in [-0.2, 0) is 32.6 Å². The summed E-state index contributed by atoms with van der Waals surface area (Å²) in [6.45, 7) is 7.33. The van der Waals surface area contributed by atoms with Gasteiger partial charge in [0.25, 0.3) is 0 Å². The molecule has 0 spiro atoms. The summed E-state index contributed by atoms with van der Waals surface area (Å²) >= 11 is 6.30. The lowest BCUT2D eigenvalue weighted by molar-refractivity contribution is -0.140. The number of hydrogen-bond acceptors (Lipinski definition) is 4. The van der Waals surface area contributed by atoms with E-state index in [1.165, 1.54) is 11.0 Å². The standard InChI is InChI=1S/C31H38ClN3O4S/c1-6-24(4)33-31(37)29(18-25-10-8-7-9-11-25)34(20-26-15-12-22(2)13-16-26)30(36)21-35(40(5,38)39)27-17-14-23(3)28(32)19-27/h7-17,19,24,29H,6,18,20-21H2,1-5H3,(H,33,37)/t24-,29+/m1/s1. The van der Waals surface area contributed by atoms with Crippen LogP contribution in [0.15, 0.2) is 72.8 Å². The molecule has 0 aliphatic heterocycles. The smallest absolute Gasteiger partial charge is 0.244 e. The minimum absolute atomic E-state index is 0.0932. The molecule has 0 aliphatic carbocycles. The van der Waals surface area contributed by atoms with Gasteiger partial charge in [-0.2, -0.15) is 0 Å². The molecule has 3 aromatic carbocycles. The molecule has 0 aromatic heterocycles. The Balaban J connectivity index is 2.06. The Morgan fingerprint density at radius 1 is 0.950 bits per heavy atom. The van der Waals surface area contributed by atoms with Crippen LogP contribution >= 0.6 is 11.6 Å². The first-order chi connectivity index (χ1) is 18.9. The molecule has 1 N–H and O–H groups in total. The predicted molar refractivity (Wildman–Crippen MR) is 162 cm³/mol. The summed E-state index contributed by atoms with van der Waals surface area (Å²) in [5, 5.41) is 3.42. The van der Waals surface area contributed by atoms with Crippen LogP contribution in [0.1, 0.15) is 42.5 Å². The highest BCUT2D eigenvalue weighted by atomic mass is 35.5. The first-order valence-electron chi connectivity index (χ1n) is 13.3. The molecule has 0 fully saturated rings. The normalized spacial score (nSPS) is 12.8. The number of anilines is 1. The maximum Gasteiger partial charge on any atom is 0.244 e. The van der Waals surface area contributed by atoms with Crippen LogP contribution in [0.3, 0.4) is 0 Å². The fraction of sp³-hybridized carbons (Fsp3) is 0.355. The Morgan fingerprint density at radius 3 is 2.17 bits per heavy atom. The molecular formula is C31H38ClN3O4S. The quantitative estimate of drug-likeness (QED) is 0.314. The van der Waals surface area contributed by atoms with Crippen molar-refractivity contribution in [3.8, 4) is 0 Å². The highest BCUT2D eigenvalue weighted by Crippen LogP contribution is 2.26. The van der Waals surface area contributed by atoms with E-state index in [0.717, 1.165) is 39.2 Å². The number of nitrogens with zero attached hydrogens (tertiary/aromatic N) is 2. The minimum Gasteiger partial charge on any atom is -0.352 e. The summed E-state index contributed by atoms with van der Waals surface area (Å²) in [6.07, 6.45) is 2.05. The number of nitrogens with one attached hydrogen (secondary N) is 1. The number of halogens is 1. The summed E-state index contributed by atoms with van der Waals surface area (Å²) in [6, 6.07) is 21.1. The zero-order chi connectivity index (χ0) is 29.4. The molecule has 0 unspecified atom stereocenters. The van der Waals surface area contributed by atoms with Crippen LogP contribution in [0.2, 0.25) is 5.02 Å². The third-order valence-corrected chi connectivity index (χ3v) is 8.42. The van der Waals surface area contributed by atoms with Crippen molar-refractivity contribution in [1.29, 1.82) is 0 Å². The average Bonchev–Trinajstić information content (AvgIpc) is 2.91. The molecule has 3 aromatic rings. The number of hydrogen-bond donors (Lipinski definition) is 1. The van der Waals surface area contributed by atoms with E-state index < -0.39 is 28.5 Å². The van der Waals surface area contributed by atoms with Crippen molar-refractivity contribution in [2.75, 3.05) is 17.1 Å². The lowest BCUT2D eigenvalue weighted by atomic mass is 10.0. The van der Waals surface area contributed by atoms with Crippen LogP contribution in [-0.4, -0.2) is 50.0 Å². The zero-order valence-electron chi connectivity index (χ0n) is 23.7. The van der Waals surface area contributed by atoms with Gasteiger partial charge < -0.3 is 10.2 Å². The van der Waals surface area contributed by atoms with Crippen molar-refractivity contribution in [3.05, 3.63) is 100 Å². The Hall–Kier alpha value is -3.36. The van der Waals surface area contributed by atoms with Gasteiger partial charge in [0, 0.05) is 24.0 Å². The predicted octanol–water partition coefficient (Wildman–Crippen LogP) is 5.28. The fourth-order valence-electron chi connectivity index (χ4n) is 4.24. The SMILES string of the molecule is CC[C@@H](C)NC(=O)[C@H](Cc1ccccc1)N(Cc1ccc(C)cc1)C(=O)CN(c1ccc(C)c(Cl)c1)S(C)(=O)=O. The first kappa shape index (κ1) is 31.2. The first-order valence-corrected chi connectivity index (χ1v) is 15.5. The van der Waals surface area contributed by atoms with Crippen LogP contribution in [0, 0.1) is 13.8 Å². The number of benzene rings is 3. The van der Waals surface area contributed by atoms with Crippen molar-refractivity contribution in [1.82, 2.24) is 10.2 Å². The van der Waals surface area contributed by atoms with E-state index >= 15 is 0 Å². The van der Waals surface area contributed by atoms with E-state index in [1.54, 1.807) is 12.1 Å². The largest absolute Gasteiger partial charge is 0.352 e. The van der Waals surface area contributed by atoms with Crippen molar-refractivity contribution in [2.45, 2.75) is 59.2 Å². The third-order valence-electron chi connectivity index (χ3n) is 6.87. The molecule has 2 amide bonds. The molecule has 7 nitrogen and oxygen atoms in total. The van der Waals surface area contributed by atoms with Crippen molar-refractivity contribution >= 4 is 39.1 Å². The van der Waals surface area contributed by atoms with Crippen LogP contribution < -0.4 is 9.62 Å². The highest BCUT2D eigenvalue weighted by molar-refractivity contribution is 7.92. The van der Waals surface area contributed by atoms with Gasteiger partial charge in [0.1, 0.15) is 12.6 Å². The van der Waals surface area contributed by atoms with Crippen molar-refractivity contribution in [3.63, 3.8) is 0 Å². The van der Waals surface area contributed by atoms with E-state index in [1.807, 2.05) is 82.3 Å². The molecule has 40 heavy (non-hydrogen) atoms. The maximum atomic E-state index is 14.1. The van der Waals surface area contributed by atoms with E-state index in [9.17, 15) is 18.0 Å². The molecule has 9 heteroatoms. The summed E-state index contributed by atoms with van der Waals surface area (Å²) in [7, 11) is -3.86. The maximum absolute atomic E-state index is 14.1. The number of rotatable bonds is 12. The number of carbonyl (C=O) groups is 2. The summed E-state index contributed by atoms with van der Waals surface area (Å²) < 4.78 is 26.8. The molecule has 3 rings (SSSR count). The van der Waals surface area contributed by atoms with Crippen LogP contribution in [0.5, 0.6) is 0 Å². The monoisotopic (exact) mass is 583 g/mol. The molecule has 0 aliphatic rings. The van der Waals surface area contributed by atoms with Gasteiger partial charge in [0.15, 0.2) is 0 Å².